The van der Waals surface area contributed by atoms with Gasteiger partial charge in [-0.15, -0.1) is 12.4 Å². The lowest BCUT2D eigenvalue weighted by atomic mass is 9.83. The number of hydrogen-bond donors (Lipinski definition) is 2. The minimum Gasteiger partial charge on any atom is -0.388 e. The van der Waals surface area contributed by atoms with Crippen LogP contribution >= 0.6 is 35.6 Å². The molecule has 2 nitrogen and oxygen atoms in total. The van der Waals surface area contributed by atoms with E-state index in [0.29, 0.717) is 22.0 Å². The fourth-order valence-electron chi connectivity index (χ4n) is 1.50. The fourth-order valence-corrected chi connectivity index (χ4v) is 2.04. The molecule has 0 radical (unpaired) electrons. The van der Waals surface area contributed by atoms with Crippen LogP contribution in [-0.4, -0.2) is 11.1 Å². The van der Waals surface area contributed by atoms with E-state index in [1.165, 1.54) is 0 Å². The molecular weight excluding hydrogens is 293 g/mol. The van der Waals surface area contributed by atoms with Gasteiger partial charge in [0, 0.05) is 16.1 Å². The van der Waals surface area contributed by atoms with Gasteiger partial charge in [0.25, 0.3) is 0 Å². The molecule has 2 atom stereocenters. The monoisotopic (exact) mass is 311 g/mol. The van der Waals surface area contributed by atoms with Crippen LogP contribution in [0, 0.1) is 5.41 Å². The maximum atomic E-state index is 10.1. The van der Waals surface area contributed by atoms with Crippen molar-refractivity contribution in [3.05, 3.63) is 33.8 Å². The maximum Gasteiger partial charge on any atom is 0.0806 e. The van der Waals surface area contributed by atoms with Crippen molar-refractivity contribution in [2.24, 2.45) is 11.1 Å². The normalized spacial score (nSPS) is 14.8. The van der Waals surface area contributed by atoms with Gasteiger partial charge in [0.2, 0.25) is 0 Å². The highest BCUT2D eigenvalue weighted by atomic mass is 35.5. The highest BCUT2D eigenvalue weighted by Gasteiger charge is 2.24. The van der Waals surface area contributed by atoms with Crippen molar-refractivity contribution in [2.45, 2.75) is 39.3 Å². The van der Waals surface area contributed by atoms with Gasteiger partial charge >= 0.3 is 0 Å². The van der Waals surface area contributed by atoms with Crippen molar-refractivity contribution in [1.82, 2.24) is 0 Å². The maximum absolute atomic E-state index is 10.1. The lowest BCUT2D eigenvalue weighted by Gasteiger charge is -2.29. The summed E-state index contributed by atoms with van der Waals surface area (Å²) < 4.78 is 0. The van der Waals surface area contributed by atoms with Gasteiger partial charge in [-0.3, -0.25) is 0 Å². The predicted octanol–water partition coefficient (Wildman–Crippen LogP) is 4.21. The third-order valence-corrected chi connectivity index (χ3v) is 3.30. The van der Waals surface area contributed by atoms with Gasteiger partial charge in [-0.25, -0.2) is 0 Å². The van der Waals surface area contributed by atoms with Crippen molar-refractivity contribution in [3.63, 3.8) is 0 Å². The molecular formula is C13H20Cl3NO. The van der Waals surface area contributed by atoms with Crippen LogP contribution in [0.15, 0.2) is 18.2 Å². The number of benzene rings is 1. The zero-order valence-electron chi connectivity index (χ0n) is 10.8. The Bertz CT molecular complexity index is 370. The molecule has 0 fully saturated rings. The summed E-state index contributed by atoms with van der Waals surface area (Å²) >= 11 is 11.8. The summed E-state index contributed by atoms with van der Waals surface area (Å²) in [6, 6.07) is 4.99. The van der Waals surface area contributed by atoms with Gasteiger partial charge in [-0.05, 0) is 35.6 Å². The van der Waals surface area contributed by atoms with E-state index in [1.807, 2.05) is 0 Å². The molecule has 0 saturated heterocycles. The summed E-state index contributed by atoms with van der Waals surface area (Å²) in [5.74, 6) is 0. The number of hydrogen-bond acceptors (Lipinski definition) is 2. The van der Waals surface area contributed by atoms with Crippen LogP contribution in [-0.2, 0) is 0 Å². The van der Waals surface area contributed by atoms with Crippen molar-refractivity contribution < 1.29 is 5.11 Å². The third kappa shape index (κ3) is 5.33. The molecule has 0 amide bonds. The van der Waals surface area contributed by atoms with Gasteiger partial charge in [0.05, 0.1) is 6.10 Å². The molecule has 1 aromatic rings. The molecule has 104 valence electrons. The largest absolute Gasteiger partial charge is 0.388 e. The number of rotatable bonds is 3. The predicted molar refractivity (Wildman–Crippen MR) is 80.7 cm³/mol. The van der Waals surface area contributed by atoms with Crippen molar-refractivity contribution in [2.75, 3.05) is 0 Å². The summed E-state index contributed by atoms with van der Waals surface area (Å²) in [6.45, 7) is 6.15. The van der Waals surface area contributed by atoms with E-state index in [9.17, 15) is 5.11 Å². The lowest BCUT2D eigenvalue weighted by Crippen LogP contribution is -2.36. The van der Waals surface area contributed by atoms with Crippen molar-refractivity contribution in [1.29, 1.82) is 0 Å². The Kier molecular flexibility index (Phi) is 6.97. The smallest absolute Gasteiger partial charge is 0.0806 e. The first-order valence-electron chi connectivity index (χ1n) is 5.60. The van der Waals surface area contributed by atoms with E-state index in [0.717, 1.165) is 0 Å². The van der Waals surface area contributed by atoms with E-state index < -0.39 is 6.10 Å². The molecule has 0 aromatic heterocycles. The Morgan fingerprint density at radius 2 is 1.61 bits per heavy atom. The Hall–Kier alpha value is 0.01000. The molecule has 0 spiro atoms. The van der Waals surface area contributed by atoms with Gasteiger partial charge in [-0.1, -0.05) is 44.0 Å². The number of aliphatic hydroxyl groups is 1. The minimum atomic E-state index is -0.638. The van der Waals surface area contributed by atoms with Crippen LogP contribution < -0.4 is 5.73 Å². The molecule has 3 N–H and O–H groups in total. The quantitative estimate of drug-likeness (QED) is 0.878. The van der Waals surface area contributed by atoms with Crippen LogP contribution in [0.25, 0.3) is 0 Å². The SMILES string of the molecule is CC(C)(C)[C@@H](N)C[C@H](O)c1cc(Cl)cc(Cl)c1.Cl. The Balaban J connectivity index is 0.00000289. The summed E-state index contributed by atoms with van der Waals surface area (Å²) in [5.41, 5.74) is 6.71. The summed E-state index contributed by atoms with van der Waals surface area (Å²) in [6.07, 6.45) is -0.152. The van der Waals surface area contributed by atoms with Gasteiger partial charge < -0.3 is 10.8 Å². The highest BCUT2D eigenvalue weighted by Crippen LogP contribution is 2.29. The molecule has 18 heavy (non-hydrogen) atoms. The lowest BCUT2D eigenvalue weighted by molar-refractivity contribution is 0.133. The van der Waals surface area contributed by atoms with Crippen LogP contribution in [0.1, 0.15) is 38.9 Å². The molecule has 0 aliphatic carbocycles. The molecule has 0 bridgehead atoms. The van der Waals surface area contributed by atoms with Crippen LogP contribution in [0.3, 0.4) is 0 Å². The molecule has 0 aliphatic rings. The van der Waals surface area contributed by atoms with Gasteiger partial charge in [0.1, 0.15) is 0 Å². The molecule has 1 rings (SSSR count). The van der Waals surface area contributed by atoms with E-state index in [2.05, 4.69) is 20.8 Å². The first-order valence-corrected chi connectivity index (χ1v) is 6.35. The van der Waals surface area contributed by atoms with Crippen molar-refractivity contribution >= 4 is 35.6 Å². The highest BCUT2D eigenvalue weighted by molar-refractivity contribution is 6.34. The number of aliphatic hydroxyl groups excluding tert-OH is 1. The average molecular weight is 313 g/mol. The van der Waals surface area contributed by atoms with E-state index >= 15 is 0 Å². The molecule has 1 aromatic carbocycles. The second-order valence-corrected chi connectivity index (χ2v) is 6.30. The third-order valence-electron chi connectivity index (χ3n) is 2.86. The second kappa shape index (κ2) is 6.97. The Morgan fingerprint density at radius 3 is 2.00 bits per heavy atom. The van der Waals surface area contributed by atoms with Gasteiger partial charge in [0.15, 0.2) is 0 Å². The Labute approximate surface area is 125 Å². The molecule has 0 aliphatic heterocycles. The van der Waals surface area contributed by atoms with Crippen LogP contribution in [0.2, 0.25) is 10.0 Å². The fraction of sp³-hybridized carbons (Fsp3) is 0.538. The second-order valence-electron chi connectivity index (χ2n) is 5.43. The topological polar surface area (TPSA) is 46.2 Å². The summed E-state index contributed by atoms with van der Waals surface area (Å²) in [4.78, 5) is 0. The van der Waals surface area contributed by atoms with E-state index in [-0.39, 0.29) is 23.9 Å². The summed E-state index contributed by atoms with van der Waals surface area (Å²) in [7, 11) is 0. The van der Waals surface area contributed by atoms with Crippen LogP contribution in [0.4, 0.5) is 0 Å². The average Bonchev–Trinajstić information content (AvgIpc) is 2.14. The first-order chi connectivity index (χ1) is 7.70. The zero-order chi connectivity index (χ0) is 13.2. The molecule has 0 unspecified atom stereocenters. The van der Waals surface area contributed by atoms with E-state index in [4.69, 9.17) is 28.9 Å². The first kappa shape index (κ1) is 18.0. The van der Waals surface area contributed by atoms with Crippen molar-refractivity contribution in [3.8, 4) is 0 Å². The van der Waals surface area contributed by atoms with Crippen LogP contribution in [0.5, 0.6) is 0 Å². The molecule has 5 heteroatoms. The summed E-state index contributed by atoms with van der Waals surface area (Å²) in [5, 5.41) is 11.2. The standard InChI is InChI=1S/C13H19Cl2NO.ClH/c1-13(2,3)12(16)7-11(17)8-4-9(14)6-10(15)5-8;/h4-6,11-12,17H,7,16H2,1-3H3;1H/t11-,12-;/m0./s1. The zero-order valence-corrected chi connectivity index (χ0v) is 13.1. The Morgan fingerprint density at radius 1 is 1.17 bits per heavy atom. The number of nitrogens with two attached hydrogens (primary N) is 1. The molecule has 0 saturated carbocycles. The minimum absolute atomic E-state index is 0. The van der Waals surface area contributed by atoms with E-state index in [1.54, 1.807) is 18.2 Å². The number of halogens is 3. The molecule has 0 heterocycles. The van der Waals surface area contributed by atoms with Gasteiger partial charge in [-0.2, -0.15) is 0 Å².